The van der Waals surface area contributed by atoms with Crippen LogP contribution in [0.3, 0.4) is 0 Å². The fourth-order valence-electron chi connectivity index (χ4n) is 2.32. The number of ether oxygens (including phenoxy) is 3. The standard InChI is InChI=1S/C18H21BrO3/c1-20-17-11-10-16(19)15(18(17)21-2)9-6-12-22-13-14-7-4-3-5-8-14/h3-5,7-8,10-11H,6,9,12-13H2,1-2H3. The van der Waals surface area contributed by atoms with Crippen LogP contribution < -0.4 is 9.47 Å². The first-order valence-electron chi connectivity index (χ1n) is 7.27. The van der Waals surface area contributed by atoms with Crippen LogP contribution >= 0.6 is 15.9 Å². The van der Waals surface area contributed by atoms with Crippen LogP contribution in [0.5, 0.6) is 11.5 Å². The van der Waals surface area contributed by atoms with Crippen molar-refractivity contribution in [2.75, 3.05) is 20.8 Å². The lowest BCUT2D eigenvalue weighted by Crippen LogP contribution is -2.01. The summed E-state index contributed by atoms with van der Waals surface area (Å²) in [5.41, 5.74) is 2.31. The van der Waals surface area contributed by atoms with Crippen LogP contribution in [-0.2, 0) is 17.8 Å². The molecule has 118 valence electrons. The molecule has 0 saturated heterocycles. The van der Waals surface area contributed by atoms with Gasteiger partial charge in [0, 0.05) is 16.6 Å². The molecule has 0 aliphatic heterocycles. The maximum atomic E-state index is 5.72. The molecule has 2 aromatic carbocycles. The Morgan fingerprint density at radius 1 is 0.955 bits per heavy atom. The van der Waals surface area contributed by atoms with Crippen molar-refractivity contribution in [2.24, 2.45) is 0 Å². The molecule has 0 aliphatic rings. The van der Waals surface area contributed by atoms with E-state index in [-0.39, 0.29) is 0 Å². The second kappa shape index (κ2) is 8.81. The number of hydrogen-bond acceptors (Lipinski definition) is 3. The van der Waals surface area contributed by atoms with Gasteiger partial charge >= 0.3 is 0 Å². The molecule has 0 saturated carbocycles. The minimum atomic E-state index is 0.650. The van der Waals surface area contributed by atoms with Crippen molar-refractivity contribution in [1.29, 1.82) is 0 Å². The van der Waals surface area contributed by atoms with E-state index in [1.54, 1.807) is 14.2 Å². The Morgan fingerprint density at radius 3 is 2.41 bits per heavy atom. The molecule has 3 nitrogen and oxygen atoms in total. The van der Waals surface area contributed by atoms with Gasteiger partial charge in [0.15, 0.2) is 11.5 Å². The van der Waals surface area contributed by atoms with E-state index in [2.05, 4.69) is 28.1 Å². The molecule has 0 aliphatic carbocycles. The first-order chi connectivity index (χ1) is 10.8. The molecule has 0 unspecified atom stereocenters. The molecule has 2 aromatic rings. The second-order valence-electron chi connectivity index (χ2n) is 4.90. The zero-order valence-electron chi connectivity index (χ0n) is 13.0. The summed E-state index contributed by atoms with van der Waals surface area (Å²) in [5.74, 6) is 1.55. The summed E-state index contributed by atoms with van der Waals surface area (Å²) in [4.78, 5) is 0. The van der Waals surface area contributed by atoms with Crippen LogP contribution in [0.25, 0.3) is 0 Å². The number of methoxy groups -OCH3 is 2. The summed E-state index contributed by atoms with van der Waals surface area (Å²) in [7, 11) is 3.32. The van der Waals surface area contributed by atoms with Crippen LogP contribution in [0.2, 0.25) is 0 Å². The Hall–Kier alpha value is -1.52. The van der Waals surface area contributed by atoms with Crippen LogP contribution in [0, 0.1) is 0 Å². The maximum Gasteiger partial charge on any atom is 0.165 e. The van der Waals surface area contributed by atoms with Gasteiger partial charge in [-0.2, -0.15) is 0 Å². The van der Waals surface area contributed by atoms with E-state index in [9.17, 15) is 0 Å². The lowest BCUT2D eigenvalue weighted by molar-refractivity contribution is 0.118. The van der Waals surface area contributed by atoms with Gasteiger partial charge in [-0.15, -0.1) is 0 Å². The SMILES string of the molecule is COc1ccc(Br)c(CCCOCc2ccccc2)c1OC. The fourth-order valence-corrected chi connectivity index (χ4v) is 2.83. The van der Waals surface area contributed by atoms with Gasteiger partial charge in [0.25, 0.3) is 0 Å². The average molecular weight is 365 g/mol. The zero-order chi connectivity index (χ0) is 15.8. The van der Waals surface area contributed by atoms with Crippen molar-refractivity contribution in [2.45, 2.75) is 19.4 Å². The topological polar surface area (TPSA) is 27.7 Å². The van der Waals surface area contributed by atoms with Crippen LogP contribution in [0.4, 0.5) is 0 Å². The third-order valence-electron chi connectivity index (χ3n) is 3.42. The third-order valence-corrected chi connectivity index (χ3v) is 4.16. The van der Waals surface area contributed by atoms with Gasteiger partial charge in [-0.25, -0.2) is 0 Å². The highest BCUT2D eigenvalue weighted by molar-refractivity contribution is 9.10. The minimum Gasteiger partial charge on any atom is -0.493 e. The van der Waals surface area contributed by atoms with Crippen LogP contribution in [-0.4, -0.2) is 20.8 Å². The predicted molar refractivity (Wildman–Crippen MR) is 91.7 cm³/mol. The highest BCUT2D eigenvalue weighted by Crippen LogP contribution is 2.36. The Bertz CT molecular complexity index is 584. The zero-order valence-corrected chi connectivity index (χ0v) is 14.6. The molecular formula is C18H21BrO3. The highest BCUT2D eigenvalue weighted by Gasteiger charge is 2.13. The van der Waals surface area contributed by atoms with E-state index in [0.717, 1.165) is 34.4 Å². The monoisotopic (exact) mass is 364 g/mol. The van der Waals surface area contributed by atoms with Gasteiger partial charge in [0.05, 0.1) is 20.8 Å². The molecule has 0 aromatic heterocycles. The Morgan fingerprint density at radius 2 is 1.73 bits per heavy atom. The first-order valence-corrected chi connectivity index (χ1v) is 8.06. The highest BCUT2D eigenvalue weighted by atomic mass is 79.9. The molecule has 0 heterocycles. The van der Waals surface area contributed by atoms with Crippen LogP contribution in [0.1, 0.15) is 17.5 Å². The Labute approximate surface area is 140 Å². The van der Waals surface area contributed by atoms with E-state index in [0.29, 0.717) is 13.2 Å². The molecule has 0 N–H and O–H groups in total. The summed E-state index contributed by atoms with van der Waals surface area (Å²) >= 11 is 3.58. The van der Waals surface area contributed by atoms with Gasteiger partial charge in [0.2, 0.25) is 0 Å². The minimum absolute atomic E-state index is 0.650. The lowest BCUT2D eigenvalue weighted by Gasteiger charge is -2.14. The van der Waals surface area contributed by atoms with Crippen molar-refractivity contribution >= 4 is 15.9 Å². The van der Waals surface area contributed by atoms with Crippen LogP contribution in [0.15, 0.2) is 46.9 Å². The van der Waals surface area contributed by atoms with Crippen molar-refractivity contribution in [3.63, 3.8) is 0 Å². The molecular weight excluding hydrogens is 344 g/mol. The maximum absolute atomic E-state index is 5.72. The van der Waals surface area contributed by atoms with Gasteiger partial charge in [-0.05, 0) is 30.5 Å². The normalized spacial score (nSPS) is 10.5. The van der Waals surface area contributed by atoms with E-state index in [4.69, 9.17) is 14.2 Å². The fraction of sp³-hybridized carbons (Fsp3) is 0.333. The number of benzene rings is 2. The Balaban J connectivity index is 1.86. The van der Waals surface area contributed by atoms with Crippen molar-refractivity contribution in [3.8, 4) is 11.5 Å². The summed E-state index contributed by atoms with van der Waals surface area (Å²) < 4.78 is 17.6. The van der Waals surface area contributed by atoms with Crippen molar-refractivity contribution in [3.05, 3.63) is 58.1 Å². The summed E-state index contributed by atoms with van der Waals surface area (Å²) in [6, 6.07) is 14.1. The third kappa shape index (κ3) is 4.49. The largest absolute Gasteiger partial charge is 0.493 e. The number of halogens is 1. The van der Waals surface area contributed by atoms with E-state index in [1.165, 1.54) is 5.56 Å². The van der Waals surface area contributed by atoms with Crippen molar-refractivity contribution in [1.82, 2.24) is 0 Å². The molecule has 0 atom stereocenters. The molecule has 0 fully saturated rings. The van der Waals surface area contributed by atoms with E-state index >= 15 is 0 Å². The van der Waals surface area contributed by atoms with E-state index in [1.807, 2.05) is 30.3 Å². The molecule has 2 rings (SSSR count). The molecule has 0 radical (unpaired) electrons. The number of hydrogen-bond donors (Lipinski definition) is 0. The Kier molecular flexibility index (Phi) is 6.74. The average Bonchev–Trinajstić information content (AvgIpc) is 2.56. The molecule has 0 amide bonds. The molecule has 0 bridgehead atoms. The smallest absolute Gasteiger partial charge is 0.165 e. The quantitative estimate of drug-likeness (QED) is 0.639. The summed E-state index contributed by atoms with van der Waals surface area (Å²) in [5, 5.41) is 0. The molecule has 4 heteroatoms. The van der Waals surface area contributed by atoms with Gasteiger partial charge in [-0.1, -0.05) is 46.3 Å². The predicted octanol–water partition coefficient (Wildman–Crippen LogP) is 4.62. The second-order valence-corrected chi connectivity index (χ2v) is 5.76. The van der Waals surface area contributed by atoms with Gasteiger partial charge in [-0.3, -0.25) is 0 Å². The van der Waals surface area contributed by atoms with Gasteiger partial charge in [0.1, 0.15) is 0 Å². The van der Waals surface area contributed by atoms with Crippen molar-refractivity contribution < 1.29 is 14.2 Å². The lowest BCUT2D eigenvalue weighted by atomic mass is 10.1. The van der Waals surface area contributed by atoms with Gasteiger partial charge < -0.3 is 14.2 Å². The summed E-state index contributed by atoms with van der Waals surface area (Å²) in [6.45, 7) is 1.36. The molecule has 0 spiro atoms. The van der Waals surface area contributed by atoms with E-state index < -0.39 is 0 Å². The summed E-state index contributed by atoms with van der Waals surface area (Å²) in [6.07, 6.45) is 1.80. The number of rotatable bonds is 8. The molecule has 22 heavy (non-hydrogen) atoms. The first kappa shape index (κ1) is 16.8.